The van der Waals surface area contributed by atoms with Crippen LogP contribution in [0, 0.1) is 6.92 Å². The van der Waals surface area contributed by atoms with Gasteiger partial charge < -0.3 is 15.7 Å². The van der Waals surface area contributed by atoms with Crippen molar-refractivity contribution in [3.05, 3.63) is 71.3 Å². The molecule has 0 unspecified atom stereocenters. The molecule has 23 heavy (non-hydrogen) atoms. The largest absolute Gasteiger partial charge is 0.396 e. The third-order valence-electron chi connectivity index (χ3n) is 3.74. The number of aryl methyl sites for hydroxylation is 1. The lowest BCUT2D eigenvalue weighted by Crippen LogP contribution is -2.39. The highest BCUT2D eigenvalue weighted by Gasteiger charge is 2.13. The average Bonchev–Trinajstić information content (AvgIpc) is 2.57. The first kappa shape index (κ1) is 17.0. The fraction of sp³-hybridized carbons (Fsp3) is 0.316. The van der Waals surface area contributed by atoms with Gasteiger partial charge in [-0.2, -0.15) is 0 Å². The standard InChI is InChI=1S/C19H24N2O2/c1-15-7-9-16(10-8-15)11-13-20-19(23)21-18(12-14-22)17-5-3-2-4-6-17/h2-10,18,22H,11-14H2,1H3,(H2,20,21,23)/t18-/m1/s1. The molecule has 0 aliphatic heterocycles. The third kappa shape index (κ3) is 5.75. The number of urea groups is 1. The summed E-state index contributed by atoms with van der Waals surface area (Å²) in [7, 11) is 0. The predicted octanol–water partition coefficient (Wildman–Crippen LogP) is 2.96. The zero-order chi connectivity index (χ0) is 16.5. The number of carbonyl (C=O) groups is 1. The smallest absolute Gasteiger partial charge is 0.315 e. The summed E-state index contributed by atoms with van der Waals surface area (Å²) in [5, 5.41) is 15.0. The molecule has 3 N–H and O–H groups in total. The Kier molecular flexibility index (Phi) is 6.63. The van der Waals surface area contributed by atoms with E-state index in [1.165, 1.54) is 11.1 Å². The summed E-state index contributed by atoms with van der Waals surface area (Å²) in [6.07, 6.45) is 1.29. The van der Waals surface area contributed by atoms with Crippen molar-refractivity contribution in [1.82, 2.24) is 10.6 Å². The maximum atomic E-state index is 12.0. The number of benzene rings is 2. The van der Waals surface area contributed by atoms with Gasteiger partial charge in [-0.25, -0.2) is 4.79 Å². The van der Waals surface area contributed by atoms with Gasteiger partial charge in [0.25, 0.3) is 0 Å². The molecule has 122 valence electrons. The number of carbonyl (C=O) groups excluding carboxylic acids is 1. The van der Waals surface area contributed by atoms with Gasteiger partial charge in [-0.15, -0.1) is 0 Å². The van der Waals surface area contributed by atoms with Crippen LogP contribution in [0.15, 0.2) is 54.6 Å². The van der Waals surface area contributed by atoms with Crippen LogP contribution in [0.4, 0.5) is 4.79 Å². The van der Waals surface area contributed by atoms with Gasteiger partial charge in [0.05, 0.1) is 6.04 Å². The second-order valence-electron chi connectivity index (χ2n) is 5.61. The Morgan fingerprint density at radius 2 is 1.78 bits per heavy atom. The molecule has 2 rings (SSSR count). The highest BCUT2D eigenvalue weighted by molar-refractivity contribution is 5.74. The minimum atomic E-state index is -0.209. The lowest BCUT2D eigenvalue weighted by atomic mass is 10.0. The first-order valence-corrected chi connectivity index (χ1v) is 7.95. The molecule has 0 fully saturated rings. The van der Waals surface area contributed by atoms with Crippen molar-refractivity contribution in [3.8, 4) is 0 Å². The van der Waals surface area contributed by atoms with E-state index in [1.54, 1.807) is 0 Å². The van der Waals surface area contributed by atoms with Gasteiger partial charge in [0.15, 0.2) is 0 Å². The number of hydrogen-bond acceptors (Lipinski definition) is 2. The minimum absolute atomic E-state index is 0.0310. The van der Waals surface area contributed by atoms with E-state index in [-0.39, 0.29) is 18.7 Å². The Bertz CT molecular complexity index is 597. The molecular formula is C19H24N2O2. The van der Waals surface area contributed by atoms with Gasteiger partial charge in [-0.3, -0.25) is 0 Å². The first-order chi connectivity index (χ1) is 11.2. The van der Waals surface area contributed by atoms with Crippen molar-refractivity contribution >= 4 is 6.03 Å². The second-order valence-corrected chi connectivity index (χ2v) is 5.61. The van der Waals surface area contributed by atoms with E-state index in [1.807, 2.05) is 30.3 Å². The molecule has 0 saturated carbocycles. The Hall–Kier alpha value is -2.33. The summed E-state index contributed by atoms with van der Waals surface area (Å²) >= 11 is 0. The minimum Gasteiger partial charge on any atom is -0.396 e. The molecule has 0 spiro atoms. The van der Waals surface area contributed by atoms with E-state index in [0.717, 1.165) is 12.0 Å². The fourth-order valence-electron chi connectivity index (χ4n) is 2.42. The van der Waals surface area contributed by atoms with Crippen LogP contribution >= 0.6 is 0 Å². The SMILES string of the molecule is Cc1ccc(CCNC(=O)N[C@H](CCO)c2ccccc2)cc1. The number of nitrogens with one attached hydrogen (secondary N) is 2. The lowest BCUT2D eigenvalue weighted by molar-refractivity contribution is 0.229. The maximum absolute atomic E-state index is 12.0. The van der Waals surface area contributed by atoms with Crippen LogP contribution in [0.25, 0.3) is 0 Å². The van der Waals surface area contributed by atoms with Crippen LogP contribution in [0.1, 0.15) is 29.2 Å². The number of rotatable bonds is 7. The maximum Gasteiger partial charge on any atom is 0.315 e. The van der Waals surface area contributed by atoms with Crippen LogP contribution in [0.3, 0.4) is 0 Å². The van der Waals surface area contributed by atoms with Crippen LogP contribution < -0.4 is 10.6 Å². The molecule has 2 amide bonds. The first-order valence-electron chi connectivity index (χ1n) is 7.95. The average molecular weight is 312 g/mol. The van der Waals surface area contributed by atoms with Gasteiger partial charge in [0, 0.05) is 13.2 Å². The highest BCUT2D eigenvalue weighted by Crippen LogP contribution is 2.15. The van der Waals surface area contributed by atoms with Crippen molar-refractivity contribution in [2.45, 2.75) is 25.8 Å². The molecule has 0 saturated heterocycles. The number of aliphatic hydroxyl groups excluding tert-OH is 1. The van der Waals surface area contributed by atoms with Gasteiger partial charge in [-0.05, 0) is 30.9 Å². The number of hydrogen-bond donors (Lipinski definition) is 3. The molecule has 2 aromatic rings. The predicted molar refractivity (Wildman–Crippen MR) is 92.3 cm³/mol. The molecular weight excluding hydrogens is 288 g/mol. The van der Waals surface area contributed by atoms with E-state index in [2.05, 4.69) is 41.8 Å². The fourth-order valence-corrected chi connectivity index (χ4v) is 2.42. The molecule has 0 bridgehead atoms. The van der Waals surface area contributed by atoms with E-state index >= 15 is 0 Å². The summed E-state index contributed by atoms with van der Waals surface area (Å²) in [4.78, 5) is 12.0. The van der Waals surface area contributed by atoms with Gasteiger partial charge in [0.2, 0.25) is 0 Å². The van der Waals surface area contributed by atoms with Crippen molar-refractivity contribution in [3.63, 3.8) is 0 Å². The van der Waals surface area contributed by atoms with Crippen LogP contribution in [0.5, 0.6) is 0 Å². The summed E-state index contributed by atoms with van der Waals surface area (Å²) in [6.45, 7) is 2.67. The molecule has 0 aliphatic rings. The lowest BCUT2D eigenvalue weighted by Gasteiger charge is -2.18. The van der Waals surface area contributed by atoms with Crippen molar-refractivity contribution in [1.29, 1.82) is 0 Å². The zero-order valence-electron chi connectivity index (χ0n) is 13.5. The van der Waals surface area contributed by atoms with Gasteiger partial charge in [0.1, 0.15) is 0 Å². The third-order valence-corrected chi connectivity index (χ3v) is 3.74. The highest BCUT2D eigenvalue weighted by atomic mass is 16.3. The summed E-state index contributed by atoms with van der Waals surface area (Å²) in [5.74, 6) is 0. The summed E-state index contributed by atoms with van der Waals surface area (Å²) in [6, 6.07) is 17.6. The van der Waals surface area contributed by atoms with Crippen molar-refractivity contribution < 1.29 is 9.90 Å². The van der Waals surface area contributed by atoms with E-state index in [9.17, 15) is 9.90 Å². The van der Waals surface area contributed by atoms with Crippen molar-refractivity contribution in [2.75, 3.05) is 13.2 Å². The van der Waals surface area contributed by atoms with Gasteiger partial charge >= 0.3 is 6.03 Å². The normalized spacial score (nSPS) is 11.7. The molecule has 1 atom stereocenters. The number of aliphatic hydroxyl groups is 1. The quantitative estimate of drug-likeness (QED) is 0.736. The molecule has 0 heterocycles. The molecule has 0 aliphatic carbocycles. The van der Waals surface area contributed by atoms with Crippen LogP contribution in [-0.2, 0) is 6.42 Å². The monoisotopic (exact) mass is 312 g/mol. The molecule has 0 radical (unpaired) electrons. The van der Waals surface area contributed by atoms with E-state index in [4.69, 9.17) is 0 Å². The zero-order valence-corrected chi connectivity index (χ0v) is 13.5. The molecule has 4 nitrogen and oxygen atoms in total. The Balaban J connectivity index is 1.81. The topological polar surface area (TPSA) is 61.4 Å². The molecule has 0 aromatic heterocycles. The molecule has 4 heteroatoms. The Morgan fingerprint density at radius 3 is 2.43 bits per heavy atom. The number of amides is 2. The van der Waals surface area contributed by atoms with Crippen molar-refractivity contribution in [2.24, 2.45) is 0 Å². The van der Waals surface area contributed by atoms with E-state index in [0.29, 0.717) is 13.0 Å². The Morgan fingerprint density at radius 1 is 1.09 bits per heavy atom. The molecule has 2 aromatic carbocycles. The Labute approximate surface area is 137 Å². The van der Waals surface area contributed by atoms with Gasteiger partial charge in [-0.1, -0.05) is 60.2 Å². The van der Waals surface area contributed by atoms with Crippen LogP contribution in [0.2, 0.25) is 0 Å². The summed E-state index contributed by atoms with van der Waals surface area (Å²) < 4.78 is 0. The second kappa shape index (κ2) is 8.96. The van der Waals surface area contributed by atoms with Crippen LogP contribution in [-0.4, -0.2) is 24.3 Å². The van der Waals surface area contributed by atoms with E-state index < -0.39 is 0 Å². The summed E-state index contributed by atoms with van der Waals surface area (Å²) in [5.41, 5.74) is 3.43.